The molecule has 4 heteroatoms. The third-order valence-electron chi connectivity index (χ3n) is 2.42. The summed E-state index contributed by atoms with van der Waals surface area (Å²) < 4.78 is 10.1. The molecule has 1 fully saturated rings. The summed E-state index contributed by atoms with van der Waals surface area (Å²) in [4.78, 5) is 11.0. The van der Waals surface area contributed by atoms with E-state index in [4.69, 9.17) is 9.47 Å². The smallest absolute Gasteiger partial charge is 0.334 e. The lowest BCUT2D eigenvalue weighted by Gasteiger charge is -2.45. The van der Waals surface area contributed by atoms with E-state index in [2.05, 4.69) is 0 Å². The van der Waals surface area contributed by atoms with Crippen LogP contribution in [0.3, 0.4) is 0 Å². The molecule has 0 amide bonds. The number of hydrogen-bond acceptors (Lipinski definition) is 4. The second kappa shape index (κ2) is 2.94. The third kappa shape index (κ3) is 1.61. The topological polar surface area (TPSA) is 58.6 Å². The Bertz CT molecular complexity index is 250. The van der Waals surface area contributed by atoms with Crippen LogP contribution in [-0.4, -0.2) is 11.8 Å². The van der Waals surface area contributed by atoms with E-state index >= 15 is 0 Å². The maximum absolute atomic E-state index is 11.0. The fourth-order valence-electron chi connectivity index (χ4n) is 1.84. The van der Waals surface area contributed by atoms with Gasteiger partial charge in [0.15, 0.2) is 5.79 Å². The molecule has 1 heterocycles. The van der Waals surface area contributed by atoms with Crippen LogP contribution in [0, 0.1) is 0 Å². The Kier molecular flexibility index (Phi) is 1.90. The van der Waals surface area contributed by atoms with Crippen LogP contribution in [0.1, 0.15) is 32.1 Å². The Labute approximate surface area is 76.1 Å². The van der Waals surface area contributed by atoms with Gasteiger partial charge in [-0.05, 0) is 25.7 Å². The van der Waals surface area contributed by atoms with Crippen molar-refractivity contribution in [2.45, 2.75) is 37.9 Å². The molecule has 2 aliphatic rings. The minimum Gasteiger partial charge on any atom is -0.575 e. The van der Waals surface area contributed by atoms with Crippen LogP contribution in [0.4, 0.5) is 0 Å². The van der Waals surface area contributed by atoms with Gasteiger partial charge in [-0.25, -0.2) is 4.79 Å². The minimum absolute atomic E-state index is 0.571. The van der Waals surface area contributed by atoms with Crippen LogP contribution in [0.2, 0.25) is 0 Å². The van der Waals surface area contributed by atoms with Crippen molar-refractivity contribution in [3.8, 4) is 0 Å². The Morgan fingerprint density at radius 3 is 2.54 bits per heavy atom. The van der Waals surface area contributed by atoms with Crippen LogP contribution in [0.5, 0.6) is 0 Å². The first-order chi connectivity index (χ1) is 6.20. The van der Waals surface area contributed by atoms with Crippen molar-refractivity contribution in [2.75, 3.05) is 0 Å². The standard InChI is InChI=1S/C9H12O4/c10-7-6-8(11)13-9(12-7)4-2-1-3-5-9/h6,10H,1-5H2/p-1. The van der Waals surface area contributed by atoms with Gasteiger partial charge in [0.2, 0.25) is 0 Å². The molecule has 72 valence electrons. The number of rotatable bonds is 0. The maximum Gasteiger partial charge on any atom is 0.334 e. The molecule has 0 atom stereocenters. The molecule has 0 aromatic carbocycles. The number of ether oxygens (including phenoxy) is 2. The predicted octanol–water partition coefficient (Wildman–Crippen LogP) is 0.422. The second-order valence-electron chi connectivity index (χ2n) is 3.46. The van der Waals surface area contributed by atoms with E-state index in [-0.39, 0.29) is 0 Å². The fourth-order valence-corrected chi connectivity index (χ4v) is 1.84. The Balaban J connectivity index is 2.15. The Morgan fingerprint density at radius 1 is 1.23 bits per heavy atom. The van der Waals surface area contributed by atoms with Crippen LogP contribution in [0.15, 0.2) is 12.0 Å². The van der Waals surface area contributed by atoms with Crippen molar-refractivity contribution in [3.05, 3.63) is 12.0 Å². The van der Waals surface area contributed by atoms with E-state index < -0.39 is 17.7 Å². The third-order valence-corrected chi connectivity index (χ3v) is 2.42. The first kappa shape index (κ1) is 8.41. The number of carbonyl (C=O) groups is 1. The summed E-state index contributed by atoms with van der Waals surface area (Å²) in [5.41, 5.74) is 0. The summed E-state index contributed by atoms with van der Waals surface area (Å²) in [6.45, 7) is 0. The van der Waals surface area contributed by atoms with Gasteiger partial charge in [0.05, 0.1) is 5.95 Å². The molecule has 2 rings (SSSR count). The molecule has 1 aliphatic carbocycles. The van der Waals surface area contributed by atoms with Crippen molar-refractivity contribution in [3.63, 3.8) is 0 Å². The van der Waals surface area contributed by atoms with Gasteiger partial charge in [-0.2, -0.15) is 0 Å². The molecular formula is C9H11O4-. The molecule has 0 unspecified atom stereocenters. The van der Waals surface area contributed by atoms with E-state index in [1.807, 2.05) is 0 Å². The summed E-state index contributed by atoms with van der Waals surface area (Å²) in [6, 6.07) is 0. The molecule has 4 nitrogen and oxygen atoms in total. The molecule has 0 saturated heterocycles. The van der Waals surface area contributed by atoms with Crippen LogP contribution in [-0.2, 0) is 14.3 Å². The Morgan fingerprint density at radius 2 is 1.92 bits per heavy atom. The van der Waals surface area contributed by atoms with Crippen molar-refractivity contribution in [1.82, 2.24) is 0 Å². The normalized spacial score (nSPS) is 26.2. The SMILES string of the molecule is O=C1C=C([O-])OC2(CCCCC2)O1. The van der Waals surface area contributed by atoms with Crippen LogP contribution in [0.25, 0.3) is 0 Å². The highest BCUT2D eigenvalue weighted by atomic mass is 16.8. The molecule has 0 aromatic rings. The molecule has 0 bridgehead atoms. The van der Waals surface area contributed by atoms with E-state index in [0.717, 1.165) is 25.3 Å². The maximum atomic E-state index is 11.0. The zero-order chi connectivity index (χ0) is 9.31. The highest BCUT2D eigenvalue weighted by molar-refractivity contribution is 5.82. The van der Waals surface area contributed by atoms with Gasteiger partial charge in [-0.3, -0.25) is 0 Å². The average Bonchev–Trinajstić information content (AvgIpc) is 2.02. The van der Waals surface area contributed by atoms with Gasteiger partial charge in [0, 0.05) is 6.08 Å². The molecule has 0 aromatic heterocycles. The molecule has 1 aliphatic heterocycles. The van der Waals surface area contributed by atoms with Crippen molar-refractivity contribution in [1.29, 1.82) is 0 Å². The quantitative estimate of drug-likeness (QED) is 0.511. The van der Waals surface area contributed by atoms with Crippen molar-refractivity contribution >= 4 is 5.97 Å². The molecule has 1 spiro atoms. The first-order valence-electron chi connectivity index (χ1n) is 4.51. The second-order valence-corrected chi connectivity index (χ2v) is 3.46. The van der Waals surface area contributed by atoms with Gasteiger partial charge < -0.3 is 14.6 Å². The summed E-state index contributed by atoms with van der Waals surface area (Å²) in [6.07, 6.45) is 5.12. The highest BCUT2D eigenvalue weighted by Gasteiger charge is 2.34. The number of esters is 1. The lowest BCUT2D eigenvalue weighted by molar-refractivity contribution is -0.399. The van der Waals surface area contributed by atoms with Gasteiger partial charge in [0.25, 0.3) is 0 Å². The molecule has 0 N–H and O–H groups in total. The molecule has 0 radical (unpaired) electrons. The largest absolute Gasteiger partial charge is 0.575 e. The Hall–Kier alpha value is -1.19. The fraction of sp³-hybridized carbons (Fsp3) is 0.667. The van der Waals surface area contributed by atoms with Gasteiger partial charge in [0.1, 0.15) is 0 Å². The van der Waals surface area contributed by atoms with Gasteiger partial charge >= 0.3 is 5.97 Å². The van der Waals surface area contributed by atoms with Crippen LogP contribution >= 0.6 is 0 Å². The first-order valence-corrected chi connectivity index (χ1v) is 4.51. The summed E-state index contributed by atoms with van der Waals surface area (Å²) >= 11 is 0. The van der Waals surface area contributed by atoms with Crippen LogP contribution < -0.4 is 5.11 Å². The molecule has 13 heavy (non-hydrogen) atoms. The summed E-state index contributed by atoms with van der Waals surface area (Å²) in [5, 5.41) is 11.0. The van der Waals surface area contributed by atoms with E-state index in [1.54, 1.807) is 0 Å². The lowest BCUT2D eigenvalue weighted by atomic mass is 9.94. The minimum atomic E-state index is -0.929. The van der Waals surface area contributed by atoms with E-state index in [1.165, 1.54) is 0 Å². The van der Waals surface area contributed by atoms with Gasteiger partial charge in [-0.15, -0.1) is 0 Å². The average molecular weight is 183 g/mol. The summed E-state index contributed by atoms with van der Waals surface area (Å²) in [7, 11) is 0. The van der Waals surface area contributed by atoms with Crippen molar-refractivity contribution < 1.29 is 19.4 Å². The highest BCUT2D eigenvalue weighted by Crippen LogP contribution is 2.35. The number of hydrogen-bond donors (Lipinski definition) is 0. The van der Waals surface area contributed by atoms with E-state index in [0.29, 0.717) is 12.8 Å². The van der Waals surface area contributed by atoms with E-state index in [9.17, 15) is 9.90 Å². The zero-order valence-corrected chi connectivity index (χ0v) is 7.25. The monoisotopic (exact) mass is 183 g/mol. The lowest BCUT2D eigenvalue weighted by Crippen LogP contribution is -2.44. The molecule has 1 saturated carbocycles. The summed E-state index contributed by atoms with van der Waals surface area (Å²) in [5.74, 6) is -2.07. The number of carbonyl (C=O) groups excluding carboxylic acids is 1. The molecular weight excluding hydrogens is 172 g/mol. The zero-order valence-electron chi connectivity index (χ0n) is 7.25. The van der Waals surface area contributed by atoms with Crippen molar-refractivity contribution in [2.24, 2.45) is 0 Å². The predicted molar refractivity (Wildman–Crippen MR) is 41.1 cm³/mol. The van der Waals surface area contributed by atoms with Gasteiger partial charge in [-0.1, -0.05) is 6.42 Å².